The fraction of sp³-hybridized carbons (Fsp3) is 0.188. The van der Waals surface area contributed by atoms with E-state index in [1.54, 1.807) is 6.08 Å². The summed E-state index contributed by atoms with van der Waals surface area (Å²) in [5.74, 6) is -1.58. The second-order valence-corrected chi connectivity index (χ2v) is 6.56. The summed E-state index contributed by atoms with van der Waals surface area (Å²) in [6.07, 6.45) is -2.50. The summed E-state index contributed by atoms with van der Waals surface area (Å²) in [4.78, 5) is 12.0. The van der Waals surface area contributed by atoms with Crippen LogP contribution in [0, 0.1) is 0 Å². The van der Waals surface area contributed by atoms with E-state index in [2.05, 4.69) is 15.9 Å². The predicted octanol–water partition coefficient (Wildman–Crippen LogP) is 4.12. The van der Waals surface area contributed by atoms with E-state index >= 15 is 0 Å². The molecule has 24 heavy (non-hydrogen) atoms. The first-order chi connectivity index (χ1) is 11.2. The molecule has 0 spiro atoms. The van der Waals surface area contributed by atoms with Crippen molar-refractivity contribution >= 4 is 27.3 Å². The molecule has 0 aliphatic heterocycles. The number of allylic oxidation sites excluding steroid dienone is 2. The molecular formula is C16H9BrF3NO3. The minimum atomic E-state index is -4.59. The highest BCUT2D eigenvalue weighted by atomic mass is 79.9. The molecule has 8 heteroatoms. The van der Waals surface area contributed by atoms with Gasteiger partial charge >= 0.3 is 6.18 Å². The highest BCUT2D eigenvalue weighted by Crippen LogP contribution is 2.55. The lowest BCUT2D eigenvalue weighted by Crippen LogP contribution is -2.08. The molecule has 2 aliphatic rings. The van der Waals surface area contributed by atoms with E-state index in [1.165, 1.54) is 12.1 Å². The zero-order valence-electron chi connectivity index (χ0n) is 11.9. The third-order valence-corrected chi connectivity index (χ3v) is 5.12. The molecule has 1 aromatic heterocycles. The molecule has 1 heterocycles. The van der Waals surface area contributed by atoms with E-state index in [-0.39, 0.29) is 27.1 Å². The minimum Gasteiger partial charge on any atom is -0.494 e. The summed E-state index contributed by atoms with van der Waals surface area (Å²) in [7, 11) is 0. The summed E-state index contributed by atoms with van der Waals surface area (Å²) >= 11 is 2.85. The Balaban J connectivity index is 1.94. The average Bonchev–Trinajstić information content (AvgIpc) is 3.09. The van der Waals surface area contributed by atoms with Crippen molar-refractivity contribution in [3.8, 4) is 17.4 Å². The number of Topliss-reactive ketones (excluding diaryl/α,β-unsaturated/α-hetero) is 1. The summed E-state index contributed by atoms with van der Waals surface area (Å²) in [6, 6.07) is 3.37. The maximum absolute atomic E-state index is 13.1. The molecule has 1 unspecified atom stereocenters. The number of rotatable bonds is 1. The molecule has 0 saturated carbocycles. The molecular weight excluding hydrogens is 391 g/mol. The lowest BCUT2D eigenvalue weighted by molar-refractivity contribution is -0.138. The Morgan fingerprint density at radius 1 is 1.21 bits per heavy atom. The number of ketones is 1. The van der Waals surface area contributed by atoms with E-state index in [0.29, 0.717) is 12.0 Å². The van der Waals surface area contributed by atoms with Gasteiger partial charge in [-0.15, -0.1) is 0 Å². The summed E-state index contributed by atoms with van der Waals surface area (Å²) in [5.41, 5.74) is -0.153. The van der Waals surface area contributed by atoms with Crippen LogP contribution in [0.2, 0.25) is 0 Å². The van der Waals surface area contributed by atoms with Gasteiger partial charge < -0.3 is 10.2 Å². The summed E-state index contributed by atoms with van der Waals surface area (Å²) in [6.45, 7) is 0. The molecule has 0 fully saturated rings. The molecule has 4 rings (SSSR count). The van der Waals surface area contributed by atoms with Gasteiger partial charge in [-0.1, -0.05) is 22.0 Å². The quantitative estimate of drug-likeness (QED) is 0.757. The van der Waals surface area contributed by atoms with Gasteiger partial charge in [-0.25, -0.2) is 0 Å². The van der Waals surface area contributed by atoms with Crippen LogP contribution in [0.3, 0.4) is 0 Å². The van der Waals surface area contributed by atoms with Gasteiger partial charge in [-0.2, -0.15) is 13.2 Å². The van der Waals surface area contributed by atoms with E-state index < -0.39 is 29.4 Å². The maximum Gasteiger partial charge on any atom is 0.417 e. The molecule has 0 amide bonds. The Kier molecular flexibility index (Phi) is 2.97. The molecule has 2 aromatic rings. The van der Waals surface area contributed by atoms with Crippen LogP contribution in [0.4, 0.5) is 13.2 Å². The molecule has 2 aliphatic carbocycles. The normalized spacial score (nSPS) is 18.9. The Hall–Kier alpha value is -2.22. The second-order valence-electron chi connectivity index (χ2n) is 5.70. The van der Waals surface area contributed by atoms with Gasteiger partial charge in [-0.05, 0) is 24.6 Å². The molecule has 1 atom stereocenters. The van der Waals surface area contributed by atoms with Crippen LogP contribution in [-0.4, -0.2) is 20.6 Å². The Labute approximate surface area is 142 Å². The van der Waals surface area contributed by atoms with Gasteiger partial charge in [0.15, 0.2) is 5.78 Å². The fourth-order valence-electron chi connectivity index (χ4n) is 3.38. The van der Waals surface area contributed by atoms with E-state index in [0.717, 1.165) is 10.6 Å². The zero-order chi connectivity index (χ0) is 17.4. The van der Waals surface area contributed by atoms with Crippen LogP contribution in [0.25, 0.3) is 11.3 Å². The minimum absolute atomic E-state index is 0.0395. The number of carbonyl (C=O) groups excluding carboxylic acids is 1. The van der Waals surface area contributed by atoms with Gasteiger partial charge in [-0.3, -0.25) is 9.36 Å². The van der Waals surface area contributed by atoms with Crippen LogP contribution in [-0.2, 0) is 11.0 Å². The van der Waals surface area contributed by atoms with Gasteiger partial charge in [0, 0.05) is 15.6 Å². The van der Waals surface area contributed by atoms with E-state index in [1.807, 2.05) is 0 Å². The molecule has 0 saturated heterocycles. The van der Waals surface area contributed by atoms with Gasteiger partial charge in [0.2, 0.25) is 11.8 Å². The largest absolute Gasteiger partial charge is 0.494 e. The molecule has 0 radical (unpaired) electrons. The standard InChI is InChI=1S/C16H9BrF3NO3/c17-10-4-1-6(5-9(10)16(18,19)20)21-14(23)11-7-2-3-8(13(7)22)12(11)15(21)24/h1-2,4-5,8,23-24H,3H2. The van der Waals surface area contributed by atoms with Crippen LogP contribution in [0.1, 0.15) is 29.0 Å². The SMILES string of the molecule is O=C1C2=CCC1c1c2c(O)n(-c2ccc(Br)c(C(F)(F)F)c2)c1O. The number of hydrogen-bond acceptors (Lipinski definition) is 3. The zero-order valence-corrected chi connectivity index (χ0v) is 13.4. The number of aromatic nitrogens is 1. The number of nitrogens with zero attached hydrogens (tertiary/aromatic N) is 1. The van der Waals surface area contributed by atoms with Crippen LogP contribution in [0.15, 0.2) is 28.7 Å². The molecule has 2 N–H and O–H groups in total. The Morgan fingerprint density at radius 2 is 1.92 bits per heavy atom. The number of carbonyl (C=O) groups is 1. The first kappa shape index (κ1) is 15.3. The Morgan fingerprint density at radius 3 is 2.54 bits per heavy atom. The number of hydrogen-bond donors (Lipinski definition) is 2. The van der Waals surface area contributed by atoms with Crippen LogP contribution in [0.5, 0.6) is 11.8 Å². The third kappa shape index (κ3) is 1.83. The van der Waals surface area contributed by atoms with Crippen molar-refractivity contribution in [3.63, 3.8) is 0 Å². The van der Waals surface area contributed by atoms with Crippen LogP contribution < -0.4 is 0 Å². The number of alkyl halides is 3. The maximum atomic E-state index is 13.1. The van der Waals surface area contributed by atoms with Crippen molar-refractivity contribution in [2.45, 2.75) is 18.5 Å². The van der Waals surface area contributed by atoms with Gasteiger partial charge in [0.25, 0.3) is 0 Å². The van der Waals surface area contributed by atoms with Gasteiger partial charge in [0.05, 0.1) is 22.7 Å². The van der Waals surface area contributed by atoms with Crippen molar-refractivity contribution < 1.29 is 28.2 Å². The smallest absolute Gasteiger partial charge is 0.417 e. The first-order valence-electron chi connectivity index (χ1n) is 7.00. The van der Waals surface area contributed by atoms with E-state index in [4.69, 9.17) is 0 Å². The fourth-order valence-corrected chi connectivity index (χ4v) is 3.85. The third-order valence-electron chi connectivity index (χ3n) is 4.43. The van der Waals surface area contributed by atoms with Gasteiger partial charge in [0.1, 0.15) is 0 Å². The van der Waals surface area contributed by atoms with Crippen molar-refractivity contribution in [1.29, 1.82) is 0 Å². The number of halogens is 4. The van der Waals surface area contributed by atoms with Crippen molar-refractivity contribution in [2.75, 3.05) is 0 Å². The lowest BCUT2D eigenvalue weighted by atomic mass is 10.00. The highest BCUT2D eigenvalue weighted by molar-refractivity contribution is 9.10. The molecule has 1 aromatic carbocycles. The highest BCUT2D eigenvalue weighted by Gasteiger charge is 2.46. The molecule has 2 bridgehead atoms. The Bertz CT molecular complexity index is 943. The first-order valence-corrected chi connectivity index (χ1v) is 7.79. The molecule has 4 nitrogen and oxygen atoms in total. The summed E-state index contributed by atoms with van der Waals surface area (Å²) in [5, 5.41) is 20.8. The number of benzene rings is 1. The number of fused-ring (bicyclic) bond motifs is 5. The lowest BCUT2D eigenvalue weighted by Gasteiger charge is -2.14. The monoisotopic (exact) mass is 399 g/mol. The summed E-state index contributed by atoms with van der Waals surface area (Å²) < 4.78 is 40.0. The van der Waals surface area contributed by atoms with E-state index in [9.17, 15) is 28.2 Å². The van der Waals surface area contributed by atoms with Crippen molar-refractivity contribution in [3.05, 3.63) is 45.4 Å². The van der Waals surface area contributed by atoms with Crippen molar-refractivity contribution in [1.82, 2.24) is 4.57 Å². The predicted molar refractivity (Wildman–Crippen MR) is 82.1 cm³/mol. The average molecular weight is 400 g/mol. The van der Waals surface area contributed by atoms with Crippen LogP contribution >= 0.6 is 15.9 Å². The van der Waals surface area contributed by atoms with Crippen molar-refractivity contribution in [2.24, 2.45) is 0 Å². The number of aromatic hydroxyl groups is 2. The second kappa shape index (κ2) is 4.66. The topological polar surface area (TPSA) is 62.5 Å². The molecule has 124 valence electrons.